The molecule has 0 radical (unpaired) electrons. The van der Waals surface area contributed by atoms with Crippen LogP contribution < -0.4 is 9.47 Å². The average molecular weight is 477 g/mol. The van der Waals surface area contributed by atoms with E-state index in [0.717, 1.165) is 55.0 Å². The summed E-state index contributed by atoms with van der Waals surface area (Å²) in [7, 11) is 0. The van der Waals surface area contributed by atoms with Gasteiger partial charge in [0.15, 0.2) is 23.8 Å². The van der Waals surface area contributed by atoms with Crippen LogP contribution in [0.5, 0.6) is 11.5 Å². The van der Waals surface area contributed by atoms with Gasteiger partial charge < -0.3 is 9.47 Å². The van der Waals surface area contributed by atoms with Gasteiger partial charge in [-0.15, -0.1) is 0 Å². The minimum absolute atomic E-state index is 0.512. The molecular formula is C33H34NO2+. The van der Waals surface area contributed by atoms with Gasteiger partial charge in [-0.1, -0.05) is 97.9 Å². The molecule has 4 aromatic rings. The highest BCUT2D eigenvalue weighted by Gasteiger charge is 2.27. The Morgan fingerprint density at radius 3 is 1.75 bits per heavy atom. The first kappa shape index (κ1) is 23.9. The monoisotopic (exact) mass is 476 g/mol. The quantitative estimate of drug-likeness (QED) is 0.226. The molecule has 0 aromatic heterocycles. The summed E-state index contributed by atoms with van der Waals surface area (Å²) in [4.78, 5) is 0. The second kappa shape index (κ2) is 11.7. The lowest BCUT2D eigenvalue weighted by atomic mass is 9.93. The summed E-state index contributed by atoms with van der Waals surface area (Å²) >= 11 is 0. The number of hydrogen-bond donors (Lipinski definition) is 0. The molecule has 0 fully saturated rings. The molecule has 4 aromatic carbocycles. The zero-order chi connectivity index (χ0) is 24.6. The fourth-order valence-corrected chi connectivity index (χ4v) is 4.84. The van der Waals surface area contributed by atoms with Crippen LogP contribution in [0.15, 0.2) is 103 Å². The van der Waals surface area contributed by atoms with Crippen LogP contribution >= 0.6 is 0 Å². The van der Waals surface area contributed by atoms with E-state index in [-0.39, 0.29) is 0 Å². The van der Waals surface area contributed by atoms with Crippen LogP contribution in [0.3, 0.4) is 0 Å². The van der Waals surface area contributed by atoms with Crippen molar-refractivity contribution >= 4 is 5.71 Å². The van der Waals surface area contributed by atoms with Crippen molar-refractivity contribution in [2.75, 3.05) is 6.54 Å². The van der Waals surface area contributed by atoms with Crippen molar-refractivity contribution in [1.29, 1.82) is 0 Å². The van der Waals surface area contributed by atoms with Gasteiger partial charge in [0, 0.05) is 24.0 Å². The molecule has 182 valence electrons. The number of fused-ring (bicyclic) bond motifs is 1. The average Bonchev–Trinajstić information content (AvgIpc) is 2.93. The van der Waals surface area contributed by atoms with Crippen molar-refractivity contribution in [3.63, 3.8) is 0 Å². The van der Waals surface area contributed by atoms with Gasteiger partial charge in [-0.25, -0.2) is 4.58 Å². The molecular weight excluding hydrogens is 442 g/mol. The molecule has 3 heteroatoms. The third-order valence-electron chi connectivity index (χ3n) is 6.69. The van der Waals surface area contributed by atoms with E-state index < -0.39 is 0 Å². The van der Waals surface area contributed by atoms with Crippen LogP contribution in [-0.4, -0.2) is 16.8 Å². The Morgan fingerprint density at radius 2 is 1.19 bits per heavy atom. The molecule has 0 unspecified atom stereocenters. The summed E-state index contributed by atoms with van der Waals surface area (Å²) in [6, 6.07) is 35.8. The maximum absolute atomic E-state index is 6.40. The molecule has 0 amide bonds. The minimum Gasteiger partial charge on any atom is -0.485 e. The predicted molar refractivity (Wildman–Crippen MR) is 146 cm³/mol. The zero-order valence-electron chi connectivity index (χ0n) is 21.0. The molecule has 0 atom stereocenters. The number of hydrogen-bond acceptors (Lipinski definition) is 2. The fourth-order valence-electron chi connectivity index (χ4n) is 4.84. The molecule has 0 saturated heterocycles. The summed E-state index contributed by atoms with van der Waals surface area (Å²) in [6.45, 7) is 5.24. The Labute approximate surface area is 214 Å². The molecule has 0 saturated carbocycles. The molecule has 1 aliphatic rings. The number of ether oxygens (including phenoxy) is 2. The van der Waals surface area contributed by atoms with E-state index in [1.807, 2.05) is 36.4 Å². The molecule has 1 aliphatic heterocycles. The SMILES string of the molecule is CCCC1=[N+](Cc2ccccc2)CCc2cc(OCc3ccccc3)c(OCc3ccccc3)cc21. The van der Waals surface area contributed by atoms with Gasteiger partial charge in [0.1, 0.15) is 19.8 Å². The van der Waals surface area contributed by atoms with Crippen LogP contribution in [0.25, 0.3) is 0 Å². The predicted octanol–water partition coefficient (Wildman–Crippen LogP) is 7.20. The second-order valence-electron chi connectivity index (χ2n) is 9.36. The van der Waals surface area contributed by atoms with Crippen LogP contribution in [0.1, 0.15) is 47.6 Å². The van der Waals surface area contributed by atoms with Gasteiger partial charge in [0.2, 0.25) is 0 Å². The van der Waals surface area contributed by atoms with E-state index >= 15 is 0 Å². The van der Waals surface area contributed by atoms with E-state index in [2.05, 4.69) is 78.2 Å². The van der Waals surface area contributed by atoms with E-state index in [1.165, 1.54) is 22.4 Å². The highest BCUT2D eigenvalue weighted by molar-refractivity contribution is 5.99. The maximum atomic E-state index is 6.40. The van der Waals surface area contributed by atoms with Crippen molar-refractivity contribution in [2.45, 2.75) is 45.9 Å². The van der Waals surface area contributed by atoms with Crippen LogP contribution in [0.2, 0.25) is 0 Å². The Hall–Kier alpha value is -3.85. The molecule has 0 bridgehead atoms. The molecule has 0 aliphatic carbocycles. The summed E-state index contributed by atoms with van der Waals surface area (Å²) in [6.07, 6.45) is 3.14. The van der Waals surface area contributed by atoms with Crippen molar-refractivity contribution in [3.05, 3.63) is 131 Å². The van der Waals surface area contributed by atoms with Gasteiger partial charge in [-0.05, 0) is 35.2 Å². The molecule has 1 heterocycles. The maximum Gasteiger partial charge on any atom is 0.184 e. The molecule has 3 nitrogen and oxygen atoms in total. The molecule has 5 rings (SSSR count). The zero-order valence-corrected chi connectivity index (χ0v) is 21.0. The van der Waals surface area contributed by atoms with Gasteiger partial charge in [-0.3, -0.25) is 0 Å². The molecule has 0 N–H and O–H groups in total. The third kappa shape index (κ3) is 5.85. The first-order chi connectivity index (χ1) is 17.8. The Morgan fingerprint density at radius 1 is 0.667 bits per heavy atom. The summed E-state index contributed by atoms with van der Waals surface area (Å²) < 4.78 is 15.3. The summed E-state index contributed by atoms with van der Waals surface area (Å²) in [5, 5.41) is 0. The van der Waals surface area contributed by atoms with E-state index in [0.29, 0.717) is 13.2 Å². The van der Waals surface area contributed by atoms with Crippen LogP contribution in [0.4, 0.5) is 0 Å². The Balaban J connectivity index is 1.48. The smallest absolute Gasteiger partial charge is 0.184 e. The summed E-state index contributed by atoms with van der Waals surface area (Å²) in [5.74, 6) is 1.63. The van der Waals surface area contributed by atoms with E-state index in [4.69, 9.17) is 9.47 Å². The highest BCUT2D eigenvalue weighted by Crippen LogP contribution is 2.35. The fraction of sp³-hybridized carbons (Fsp3) is 0.242. The Bertz CT molecular complexity index is 1300. The number of rotatable bonds is 10. The van der Waals surface area contributed by atoms with Gasteiger partial charge in [0.05, 0.1) is 0 Å². The largest absolute Gasteiger partial charge is 0.485 e. The molecule has 0 spiro atoms. The highest BCUT2D eigenvalue weighted by atomic mass is 16.5. The van der Waals surface area contributed by atoms with Gasteiger partial charge in [0.25, 0.3) is 0 Å². The van der Waals surface area contributed by atoms with Crippen LogP contribution in [0, 0.1) is 0 Å². The molecule has 36 heavy (non-hydrogen) atoms. The minimum atomic E-state index is 0.512. The van der Waals surface area contributed by atoms with Crippen molar-refractivity contribution in [3.8, 4) is 11.5 Å². The van der Waals surface area contributed by atoms with Crippen LogP contribution in [-0.2, 0) is 26.2 Å². The standard InChI is InChI=1S/C33H34NO2/c1-2-12-31-30-22-33(36-25-28-17-10-5-11-18-28)32(35-24-27-15-8-4-9-16-27)21-29(30)19-20-34(31)23-26-13-6-3-7-14-26/h3-11,13-18,21-22H,2,12,19-20,23-25H2,1H3/q+1. The number of nitrogens with zero attached hydrogens (tertiary/aromatic N) is 1. The van der Waals surface area contributed by atoms with Gasteiger partial charge >= 0.3 is 0 Å². The lowest BCUT2D eigenvalue weighted by Crippen LogP contribution is -2.30. The van der Waals surface area contributed by atoms with Gasteiger partial charge in [-0.2, -0.15) is 0 Å². The summed E-state index contributed by atoms with van der Waals surface area (Å²) in [5.41, 5.74) is 7.69. The van der Waals surface area contributed by atoms with Crippen molar-refractivity contribution in [1.82, 2.24) is 0 Å². The van der Waals surface area contributed by atoms with E-state index in [9.17, 15) is 0 Å². The van der Waals surface area contributed by atoms with E-state index in [1.54, 1.807) is 0 Å². The topological polar surface area (TPSA) is 21.5 Å². The van der Waals surface area contributed by atoms with Crippen molar-refractivity contribution < 1.29 is 14.0 Å². The Kier molecular flexibility index (Phi) is 7.77. The van der Waals surface area contributed by atoms with Crippen molar-refractivity contribution in [2.24, 2.45) is 0 Å². The lowest BCUT2D eigenvalue weighted by molar-refractivity contribution is -0.545. The first-order valence-electron chi connectivity index (χ1n) is 13.0. The number of benzene rings is 4. The third-order valence-corrected chi connectivity index (χ3v) is 6.69. The second-order valence-corrected chi connectivity index (χ2v) is 9.36. The first-order valence-corrected chi connectivity index (χ1v) is 13.0. The normalized spacial score (nSPS) is 12.8. The lowest BCUT2D eigenvalue weighted by Gasteiger charge is -2.22.